The molecule has 19 heteroatoms. The molecule has 12 atom stereocenters. The Morgan fingerprint density at radius 2 is 0.787 bits per heavy atom. The third-order valence-corrected chi connectivity index (χ3v) is 28.4. The lowest BCUT2D eigenvalue weighted by atomic mass is 9.81. The zero-order valence-electron chi connectivity index (χ0n) is 73.3. The largest absolute Gasteiger partial charge is 0.497 e. The lowest BCUT2D eigenvalue weighted by molar-refractivity contribution is -0.121. The predicted molar refractivity (Wildman–Crippen MR) is 491 cm³/mol. The number of methoxy groups -OCH3 is 6. The number of alkyl halides is 1. The van der Waals surface area contributed by atoms with Crippen molar-refractivity contribution in [2.45, 2.75) is 256 Å². The predicted octanol–water partition coefficient (Wildman–Crippen LogP) is 25.7. The summed E-state index contributed by atoms with van der Waals surface area (Å²) in [4.78, 5) is 66.7. The zero-order valence-corrected chi connectivity index (χ0v) is 76.5. The average molecular weight is 1740 g/mol. The van der Waals surface area contributed by atoms with E-state index in [1.165, 1.54) is 126 Å². The minimum Gasteiger partial charge on any atom is -0.497 e. The molecule has 0 radical (unpaired) electrons. The Morgan fingerprint density at radius 1 is 0.426 bits per heavy atom. The van der Waals surface area contributed by atoms with E-state index in [2.05, 4.69) is 113 Å². The van der Waals surface area contributed by atoms with Crippen LogP contribution in [0, 0.1) is 23.7 Å². The van der Waals surface area contributed by atoms with Crippen molar-refractivity contribution in [3.05, 3.63) is 261 Å². The summed E-state index contributed by atoms with van der Waals surface area (Å²) >= 11 is 11.3. The zero-order chi connectivity index (χ0) is 86.7. The topological polar surface area (TPSA) is 189 Å². The van der Waals surface area contributed by atoms with Gasteiger partial charge in [-0.3, -0.25) is 9.59 Å². The number of Topliss-reactive ketones (excluding diaryl/α,β-unsaturated/α-hetero) is 2. The number of rotatable bonds is 45. The first kappa shape index (κ1) is 95.9. The van der Waals surface area contributed by atoms with Gasteiger partial charge < -0.3 is 47.7 Å². The summed E-state index contributed by atoms with van der Waals surface area (Å²) in [7, 11) is 9.25. The molecule has 656 valence electrons. The normalized spacial score (nSPS) is 19.4. The molecule has 12 rings (SSSR count). The van der Waals surface area contributed by atoms with E-state index >= 15 is 0 Å². The molecule has 6 aromatic carbocycles. The number of halogens is 1. The number of carbonyl (C=O) groups is 5. The molecule has 122 heavy (non-hydrogen) atoms. The van der Waals surface area contributed by atoms with E-state index < -0.39 is 6.10 Å². The maximum Gasteiger partial charge on any atom is 0.348 e. The van der Waals surface area contributed by atoms with Crippen molar-refractivity contribution < 1.29 is 71.7 Å². The standard InChI is InChI=1S/C35H44O5S.C34H43ClO5S.C34H42O5S/c1-5-6-7-11-32(40-23-25-12-18-28(38-3)19-13-25)26-14-16-27(17-15-26)34-24(2)22-31(36)30(34)10-8-9-29-20-21-33(41-29)35(37)39-4;1-4-5-6-10-31(40-22-23-11-17-26(38-2)18-12-23)24-13-15-25(16-14-24)33-28(29(35)21-30(33)36)9-7-8-27-19-20-32(41-27)34(37)39-3;1-4-5-6-10-31(39-23-24-11-18-28(37-2)19-12-24)25-13-15-27(16-14-25)33-26(17-21-30(33)35)8-7-9-29-20-22-32(40-29)34(36)38-3/h12-21,24,30,32,34H,5-11,22-23H2,1-4H3;11-20,28-31,33,36H,4-10,21-22H2,1-3H3;11-16,18-20,22,26,31,33H,4-10,17,21,23H2,1-3H3/t24-,30+,32?,34-;28-,29+,30+,31?,33+;26-,31?,33-/m100/s1. The summed E-state index contributed by atoms with van der Waals surface area (Å²) in [6.07, 6.45) is 24.3. The minimum atomic E-state index is -0.451. The molecule has 3 unspecified atom stereocenters. The van der Waals surface area contributed by atoms with Gasteiger partial charge in [0.25, 0.3) is 0 Å². The summed E-state index contributed by atoms with van der Waals surface area (Å²) in [5.74, 6) is 3.59. The van der Waals surface area contributed by atoms with Crippen LogP contribution in [-0.4, -0.2) is 88.7 Å². The van der Waals surface area contributed by atoms with Crippen LogP contribution >= 0.6 is 45.6 Å². The van der Waals surface area contributed by atoms with Crippen LogP contribution in [0.1, 0.15) is 299 Å². The molecule has 1 N–H and O–H groups in total. The number of esters is 3. The highest BCUT2D eigenvalue weighted by molar-refractivity contribution is 7.14. The maximum atomic E-state index is 13.0. The van der Waals surface area contributed by atoms with E-state index in [0.29, 0.717) is 77.1 Å². The molecular weight excluding hydrogens is 1610 g/mol. The SMILES string of the molecule is CCCCCC(OCc1ccc(OC)cc1)c1ccc([C@@H]2[C@@H](CCCc3ccc(C(=O)OC)s3)[C@H](Cl)C[C@H]2O)cc1.CCCCCC(OCc1ccc(OC)cc1)c1ccc([C@H]2C(=O)CC[C@@H]2CCCc2ccc(C(=O)OC)s2)cc1.CCCCCC(OCc1ccc(OC)cc1)c1ccc([C@H]2[C@H](C)CC(=O)[C@@H]2CCCc2ccc(C(=O)OC)s2)cc1. The Labute approximate surface area is 742 Å². The van der Waals surface area contributed by atoms with Gasteiger partial charge in [-0.05, 0) is 236 Å². The van der Waals surface area contributed by atoms with E-state index in [1.54, 1.807) is 21.3 Å². The minimum absolute atomic E-state index is 0.0132. The highest BCUT2D eigenvalue weighted by atomic mass is 35.5. The molecule has 9 aromatic rings. The van der Waals surface area contributed by atoms with Gasteiger partial charge in [0.05, 0.1) is 86.9 Å². The second-order valence-electron chi connectivity index (χ2n) is 32.9. The summed E-state index contributed by atoms with van der Waals surface area (Å²) in [5.41, 5.74) is 10.4. The van der Waals surface area contributed by atoms with Gasteiger partial charge in [0.2, 0.25) is 0 Å². The van der Waals surface area contributed by atoms with E-state index in [-0.39, 0.29) is 71.2 Å². The van der Waals surface area contributed by atoms with E-state index in [4.69, 9.17) is 54.2 Å². The molecule has 0 amide bonds. The summed E-state index contributed by atoms with van der Waals surface area (Å²) in [6, 6.07) is 61.8. The summed E-state index contributed by atoms with van der Waals surface area (Å²) < 4.78 is 49.6. The van der Waals surface area contributed by atoms with Gasteiger partial charge in [-0.1, -0.05) is 195 Å². The second kappa shape index (κ2) is 50.6. The fourth-order valence-electron chi connectivity index (χ4n) is 17.7. The van der Waals surface area contributed by atoms with Crippen molar-refractivity contribution in [1.29, 1.82) is 0 Å². The quantitative estimate of drug-likeness (QED) is 0.0164. The van der Waals surface area contributed by atoms with Gasteiger partial charge in [0.15, 0.2) is 0 Å². The maximum absolute atomic E-state index is 13.0. The molecule has 0 spiro atoms. The number of aliphatic hydroxyl groups excluding tert-OH is 1. The molecule has 0 bridgehead atoms. The first-order valence-corrected chi connectivity index (χ1v) is 47.2. The number of carbonyl (C=O) groups excluding carboxylic acids is 5. The van der Waals surface area contributed by atoms with Crippen LogP contribution in [0.3, 0.4) is 0 Å². The fraction of sp³-hybridized carbons (Fsp3) is 0.485. The first-order valence-electron chi connectivity index (χ1n) is 44.3. The van der Waals surface area contributed by atoms with Gasteiger partial charge in [-0.25, -0.2) is 14.4 Å². The highest BCUT2D eigenvalue weighted by Crippen LogP contribution is 2.48. The van der Waals surface area contributed by atoms with Crippen LogP contribution < -0.4 is 14.2 Å². The third-order valence-electron chi connectivity index (χ3n) is 24.5. The first-order chi connectivity index (χ1) is 59.4. The Hall–Kier alpha value is -8.30. The third kappa shape index (κ3) is 28.4. The number of aryl methyl sites for hydroxylation is 3. The average Bonchev–Trinajstić information content (AvgIpc) is 1.65. The number of ether oxygens (including phenoxy) is 9. The van der Waals surface area contributed by atoms with Gasteiger partial charge in [0.1, 0.15) is 43.4 Å². The molecule has 3 fully saturated rings. The molecule has 3 aliphatic carbocycles. The Morgan fingerprint density at radius 3 is 1.16 bits per heavy atom. The van der Waals surface area contributed by atoms with Gasteiger partial charge >= 0.3 is 17.9 Å². The van der Waals surface area contributed by atoms with Crippen molar-refractivity contribution in [1.82, 2.24) is 0 Å². The monoisotopic (exact) mass is 1740 g/mol. The molecule has 3 saturated carbocycles. The number of aliphatic hydroxyl groups is 1. The van der Waals surface area contributed by atoms with Crippen molar-refractivity contribution in [2.24, 2.45) is 23.7 Å². The number of hydrogen-bond donors (Lipinski definition) is 1. The van der Waals surface area contributed by atoms with Crippen molar-refractivity contribution in [3.8, 4) is 17.2 Å². The molecule has 3 aliphatic rings. The highest BCUT2D eigenvalue weighted by Gasteiger charge is 2.43. The fourth-order valence-corrected chi connectivity index (χ4v) is 21.1. The molecule has 3 heterocycles. The Bertz CT molecular complexity index is 4590. The lowest BCUT2D eigenvalue weighted by Gasteiger charge is -2.25. The number of benzene rings is 6. The van der Waals surface area contributed by atoms with Gasteiger partial charge in [0, 0.05) is 50.6 Å². The Balaban J connectivity index is 0.000000192. The van der Waals surface area contributed by atoms with Crippen LogP contribution in [-0.2, 0) is 77.1 Å². The van der Waals surface area contributed by atoms with Gasteiger partial charge in [-0.15, -0.1) is 45.6 Å². The number of ketones is 2. The summed E-state index contributed by atoms with van der Waals surface area (Å²) in [6.45, 7) is 10.5. The Kier molecular flexibility index (Phi) is 39.8. The number of thiophene rings is 3. The van der Waals surface area contributed by atoms with Crippen LogP contribution in [0.5, 0.6) is 17.2 Å². The van der Waals surface area contributed by atoms with Crippen LogP contribution in [0.25, 0.3) is 0 Å². The molecular formula is C103H129ClO15S3. The van der Waals surface area contributed by atoms with E-state index in [0.717, 1.165) is 153 Å². The number of unbranched alkanes of at least 4 members (excludes halogenated alkanes) is 6. The van der Waals surface area contributed by atoms with Crippen molar-refractivity contribution >= 4 is 75.1 Å². The lowest BCUT2D eigenvalue weighted by Crippen LogP contribution is -2.19. The molecule has 0 aliphatic heterocycles. The summed E-state index contributed by atoms with van der Waals surface area (Å²) in [5, 5.41) is 10.9. The van der Waals surface area contributed by atoms with E-state index in [1.807, 2.05) is 97.1 Å². The van der Waals surface area contributed by atoms with Crippen molar-refractivity contribution in [3.63, 3.8) is 0 Å². The molecule has 3 aromatic heterocycles. The molecule has 15 nitrogen and oxygen atoms in total. The second-order valence-corrected chi connectivity index (χ2v) is 37.0. The number of hydrogen-bond acceptors (Lipinski definition) is 18. The van der Waals surface area contributed by atoms with Crippen LogP contribution in [0.4, 0.5) is 0 Å². The van der Waals surface area contributed by atoms with Crippen LogP contribution in [0.15, 0.2) is 182 Å². The van der Waals surface area contributed by atoms with Crippen LogP contribution in [0.2, 0.25) is 0 Å². The van der Waals surface area contributed by atoms with E-state index in [9.17, 15) is 29.1 Å². The smallest absolute Gasteiger partial charge is 0.348 e. The van der Waals surface area contributed by atoms with Gasteiger partial charge in [-0.2, -0.15) is 0 Å². The molecule has 0 saturated heterocycles. The van der Waals surface area contributed by atoms with Crippen molar-refractivity contribution in [2.75, 3.05) is 42.7 Å².